The lowest BCUT2D eigenvalue weighted by Crippen LogP contribution is -2.48. The average molecular weight is 252 g/mol. The van der Waals surface area contributed by atoms with Crippen LogP contribution in [-0.2, 0) is 4.79 Å². The van der Waals surface area contributed by atoms with E-state index in [4.69, 9.17) is 10.5 Å². The number of piperazine rings is 1. The van der Waals surface area contributed by atoms with E-state index in [1.54, 1.807) is 4.90 Å². The molecule has 3 N–H and O–H groups in total. The number of amides is 1. The maximum Gasteiger partial charge on any atom is 0.323 e. The van der Waals surface area contributed by atoms with Crippen LogP contribution in [0.1, 0.15) is 13.3 Å². The number of rotatable bonds is 4. The van der Waals surface area contributed by atoms with Gasteiger partial charge >= 0.3 is 6.01 Å². The standard InChI is InChI=1S/C10H16N6O2/c1-2-5-18-10-14-8(11)13-9(15-10)16-4-3-12-7(17)6-16/h2-6H2,1H3,(H,12,17)(H2,11,13,14,15). The Balaban J connectivity index is 2.16. The van der Waals surface area contributed by atoms with E-state index in [0.29, 0.717) is 25.6 Å². The lowest BCUT2D eigenvalue weighted by atomic mass is 10.4. The van der Waals surface area contributed by atoms with Crippen molar-refractivity contribution in [1.82, 2.24) is 20.3 Å². The summed E-state index contributed by atoms with van der Waals surface area (Å²) in [5, 5.41) is 2.73. The van der Waals surface area contributed by atoms with Crippen molar-refractivity contribution >= 4 is 17.8 Å². The summed E-state index contributed by atoms with van der Waals surface area (Å²) >= 11 is 0. The first-order valence-electron chi connectivity index (χ1n) is 5.85. The second-order valence-corrected chi connectivity index (χ2v) is 3.90. The van der Waals surface area contributed by atoms with Gasteiger partial charge < -0.3 is 20.7 Å². The highest BCUT2D eigenvalue weighted by Crippen LogP contribution is 2.14. The van der Waals surface area contributed by atoms with Crippen LogP contribution in [0.4, 0.5) is 11.9 Å². The molecule has 1 aliphatic heterocycles. The molecule has 1 amide bonds. The minimum atomic E-state index is -0.0590. The van der Waals surface area contributed by atoms with Gasteiger partial charge in [-0.05, 0) is 6.42 Å². The van der Waals surface area contributed by atoms with Gasteiger partial charge in [0, 0.05) is 13.1 Å². The van der Waals surface area contributed by atoms with Crippen molar-refractivity contribution in [2.75, 3.05) is 36.9 Å². The molecule has 0 aliphatic carbocycles. The third-order valence-electron chi connectivity index (χ3n) is 2.38. The van der Waals surface area contributed by atoms with Gasteiger partial charge in [-0.25, -0.2) is 0 Å². The molecule has 0 saturated carbocycles. The summed E-state index contributed by atoms with van der Waals surface area (Å²) in [4.78, 5) is 25.1. The molecule has 1 aromatic rings. The quantitative estimate of drug-likeness (QED) is 0.721. The van der Waals surface area contributed by atoms with Gasteiger partial charge in [0.15, 0.2) is 0 Å². The summed E-state index contributed by atoms with van der Waals surface area (Å²) in [5.74, 6) is 0.414. The third-order valence-corrected chi connectivity index (χ3v) is 2.38. The van der Waals surface area contributed by atoms with Gasteiger partial charge in [0.1, 0.15) is 0 Å². The minimum absolute atomic E-state index is 0.0590. The Morgan fingerprint density at radius 2 is 2.28 bits per heavy atom. The molecular formula is C10H16N6O2. The van der Waals surface area contributed by atoms with E-state index < -0.39 is 0 Å². The Morgan fingerprint density at radius 3 is 3.00 bits per heavy atom. The molecule has 0 unspecified atom stereocenters. The first kappa shape index (κ1) is 12.3. The lowest BCUT2D eigenvalue weighted by Gasteiger charge is -2.26. The van der Waals surface area contributed by atoms with E-state index in [0.717, 1.165) is 6.42 Å². The number of nitrogens with zero attached hydrogens (tertiary/aromatic N) is 4. The fourth-order valence-electron chi connectivity index (χ4n) is 1.57. The van der Waals surface area contributed by atoms with Gasteiger partial charge in [-0.3, -0.25) is 4.79 Å². The molecule has 1 aromatic heterocycles. The van der Waals surface area contributed by atoms with Crippen LogP contribution < -0.4 is 20.7 Å². The van der Waals surface area contributed by atoms with Crippen molar-refractivity contribution in [2.45, 2.75) is 13.3 Å². The van der Waals surface area contributed by atoms with Crippen molar-refractivity contribution in [2.24, 2.45) is 0 Å². The SMILES string of the molecule is CCCOc1nc(N)nc(N2CCNC(=O)C2)n1. The molecule has 1 aliphatic rings. The fraction of sp³-hybridized carbons (Fsp3) is 0.600. The van der Waals surface area contributed by atoms with Crippen LogP contribution in [0.2, 0.25) is 0 Å². The zero-order chi connectivity index (χ0) is 13.0. The molecule has 0 aromatic carbocycles. The van der Waals surface area contributed by atoms with E-state index in [1.807, 2.05) is 6.92 Å². The number of ether oxygens (including phenoxy) is 1. The Morgan fingerprint density at radius 1 is 1.44 bits per heavy atom. The van der Waals surface area contributed by atoms with Crippen molar-refractivity contribution in [3.05, 3.63) is 0 Å². The Hall–Kier alpha value is -2.12. The van der Waals surface area contributed by atoms with E-state index in [1.165, 1.54) is 0 Å². The molecule has 1 saturated heterocycles. The number of aromatic nitrogens is 3. The summed E-state index contributed by atoms with van der Waals surface area (Å²) < 4.78 is 5.32. The van der Waals surface area contributed by atoms with Crippen LogP contribution in [0, 0.1) is 0 Å². The lowest BCUT2D eigenvalue weighted by molar-refractivity contribution is -0.120. The molecule has 2 heterocycles. The van der Waals surface area contributed by atoms with Crippen LogP contribution in [0.3, 0.4) is 0 Å². The topological polar surface area (TPSA) is 106 Å². The van der Waals surface area contributed by atoms with Crippen molar-refractivity contribution in [3.63, 3.8) is 0 Å². The highest BCUT2D eigenvalue weighted by molar-refractivity contribution is 5.81. The van der Waals surface area contributed by atoms with Gasteiger partial charge in [0.05, 0.1) is 13.2 Å². The number of nitrogens with one attached hydrogen (secondary N) is 1. The Labute approximate surface area is 105 Å². The van der Waals surface area contributed by atoms with Gasteiger partial charge in [0.2, 0.25) is 17.8 Å². The molecule has 0 radical (unpaired) electrons. The normalized spacial score (nSPS) is 15.4. The van der Waals surface area contributed by atoms with Crippen LogP contribution >= 0.6 is 0 Å². The van der Waals surface area contributed by atoms with Crippen LogP contribution in [0.25, 0.3) is 0 Å². The summed E-state index contributed by atoms with van der Waals surface area (Å²) in [6, 6.07) is 0.199. The molecule has 8 heteroatoms. The summed E-state index contributed by atoms with van der Waals surface area (Å²) in [5.41, 5.74) is 5.60. The molecule has 0 bridgehead atoms. The molecule has 8 nitrogen and oxygen atoms in total. The highest BCUT2D eigenvalue weighted by atomic mass is 16.5. The average Bonchev–Trinajstić information content (AvgIpc) is 2.36. The first-order chi connectivity index (χ1) is 8.69. The zero-order valence-corrected chi connectivity index (χ0v) is 10.2. The molecule has 98 valence electrons. The van der Waals surface area contributed by atoms with Crippen molar-refractivity contribution < 1.29 is 9.53 Å². The van der Waals surface area contributed by atoms with E-state index in [9.17, 15) is 4.79 Å². The molecule has 0 atom stereocenters. The molecule has 0 spiro atoms. The first-order valence-corrected chi connectivity index (χ1v) is 5.85. The van der Waals surface area contributed by atoms with Crippen LogP contribution in [0.5, 0.6) is 6.01 Å². The fourth-order valence-corrected chi connectivity index (χ4v) is 1.57. The second-order valence-electron chi connectivity index (χ2n) is 3.90. The van der Waals surface area contributed by atoms with E-state index in [2.05, 4.69) is 20.3 Å². The Bertz CT molecular complexity index is 438. The van der Waals surface area contributed by atoms with Crippen LogP contribution in [0.15, 0.2) is 0 Å². The number of anilines is 2. The van der Waals surface area contributed by atoms with E-state index in [-0.39, 0.29) is 24.4 Å². The number of nitrogen functional groups attached to an aromatic ring is 1. The second kappa shape index (κ2) is 5.48. The van der Waals surface area contributed by atoms with Crippen LogP contribution in [-0.4, -0.2) is 47.1 Å². The summed E-state index contributed by atoms with van der Waals surface area (Å²) in [6.45, 7) is 3.93. The minimum Gasteiger partial charge on any atom is -0.463 e. The van der Waals surface area contributed by atoms with Gasteiger partial charge in [-0.2, -0.15) is 15.0 Å². The number of carbonyl (C=O) groups is 1. The molecule has 2 rings (SSSR count). The molecular weight excluding hydrogens is 236 g/mol. The molecule has 18 heavy (non-hydrogen) atoms. The summed E-state index contributed by atoms with van der Waals surface area (Å²) in [6.07, 6.45) is 0.854. The van der Waals surface area contributed by atoms with Crippen molar-refractivity contribution in [1.29, 1.82) is 0 Å². The Kier molecular flexibility index (Phi) is 3.75. The number of nitrogens with two attached hydrogens (primary N) is 1. The zero-order valence-electron chi connectivity index (χ0n) is 10.2. The number of hydrogen-bond acceptors (Lipinski definition) is 7. The highest BCUT2D eigenvalue weighted by Gasteiger charge is 2.20. The maximum absolute atomic E-state index is 11.3. The molecule has 1 fully saturated rings. The summed E-state index contributed by atoms with van der Waals surface area (Å²) in [7, 11) is 0. The van der Waals surface area contributed by atoms with E-state index >= 15 is 0 Å². The van der Waals surface area contributed by atoms with Gasteiger partial charge in [-0.15, -0.1) is 0 Å². The number of hydrogen-bond donors (Lipinski definition) is 2. The largest absolute Gasteiger partial charge is 0.463 e. The predicted molar refractivity (Wildman–Crippen MR) is 65.2 cm³/mol. The van der Waals surface area contributed by atoms with Crippen molar-refractivity contribution in [3.8, 4) is 6.01 Å². The monoisotopic (exact) mass is 252 g/mol. The van der Waals surface area contributed by atoms with Gasteiger partial charge in [0.25, 0.3) is 0 Å². The van der Waals surface area contributed by atoms with Gasteiger partial charge in [-0.1, -0.05) is 6.92 Å². The number of carbonyl (C=O) groups excluding carboxylic acids is 1. The maximum atomic E-state index is 11.3. The smallest absolute Gasteiger partial charge is 0.323 e. The third kappa shape index (κ3) is 2.96. The predicted octanol–water partition coefficient (Wildman–Crippen LogP) is -0.821.